The van der Waals surface area contributed by atoms with Gasteiger partial charge in [0.1, 0.15) is 5.82 Å². The van der Waals surface area contributed by atoms with E-state index in [4.69, 9.17) is 11.6 Å². The molecule has 1 fully saturated rings. The molecule has 0 spiro atoms. The number of hydrogen-bond acceptors (Lipinski definition) is 4. The van der Waals surface area contributed by atoms with E-state index in [2.05, 4.69) is 20.5 Å². The van der Waals surface area contributed by atoms with Crippen molar-refractivity contribution in [1.29, 1.82) is 0 Å². The van der Waals surface area contributed by atoms with Crippen LogP contribution in [-0.4, -0.2) is 49.0 Å². The average molecular weight is 297 g/mol. The summed E-state index contributed by atoms with van der Waals surface area (Å²) in [5, 5.41) is 6.22. The number of halogens is 1. The second kappa shape index (κ2) is 7.45. The van der Waals surface area contributed by atoms with Gasteiger partial charge in [0.2, 0.25) is 0 Å². The maximum absolute atomic E-state index is 11.9. The molecule has 0 unspecified atom stereocenters. The van der Waals surface area contributed by atoms with Crippen molar-refractivity contribution in [3.05, 3.63) is 22.8 Å². The van der Waals surface area contributed by atoms with Crippen molar-refractivity contribution in [3.63, 3.8) is 0 Å². The van der Waals surface area contributed by atoms with Crippen LogP contribution in [0.15, 0.2) is 12.3 Å². The topological polar surface area (TPSA) is 57.3 Å². The highest BCUT2D eigenvalue weighted by atomic mass is 35.5. The van der Waals surface area contributed by atoms with Crippen LogP contribution in [0.2, 0.25) is 5.02 Å². The van der Waals surface area contributed by atoms with Crippen LogP contribution in [0.25, 0.3) is 0 Å². The highest BCUT2D eigenvalue weighted by molar-refractivity contribution is 6.33. The Morgan fingerprint density at radius 3 is 2.85 bits per heavy atom. The molecule has 1 aliphatic heterocycles. The molecule has 2 rings (SSSR count). The lowest BCUT2D eigenvalue weighted by molar-refractivity contribution is 0.0951. The number of carbonyl (C=O) groups is 1. The molecule has 1 saturated heterocycles. The lowest BCUT2D eigenvalue weighted by Crippen LogP contribution is -2.28. The highest BCUT2D eigenvalue weighted by Crippen LogP contribution is 2.19. The summed E-state index contributed by atoms with van der Waals surface area (Å²) >= 11 is 6.01. The quantitative estimate of drug-likeness (QED) is 0.788. The van der Waals surface area contributed by atoms with Gasteiger partial charge in [0, 0.05) is 19.8 Å². The Morgan fingerprint density at radius 1 is 1.45 bits per heavy atom. The molecule has 0 bridgehead atoms. The average Bonchev–Trinajstić information content (AvgIpc) is 2.96. The van der Waals surface area contributed by atoms with Crippen molar-refractivity contribution in [1.82, 2.24) is 15.2 Å². The fourth-order valence-corrected chi connectivity index (χ4v) is 2.62. The first kappa shape index (κ1) is 15.1. The summed E-state index contributed by atoms with van der Waals surface area (Å²) in [4.78, 5) is 18.5. The molecular weight excluding hydrogens is 276 g/mol. The van der Waals surface area contributed by atoms with Gasteiger partial charge in [-0.3, -0.25) is 4.79 Å². The molecule has 2 N–H and O–H groups in total. The molecule has 0 atom stereocenters. The lowest BCUT2D eigenvalue weighted by atomic mass is 10.2. The van der Waals surface area contributed by atoms with Crippen LogP contribution in [0.1, 0.15) is 29.6 Å². The van der Waals surface area contributed by atoms with Crippen LogP contribution in [-0.2, 0) is 0 Å². The van der Waals surface area contributed by atoms with Crippen LogP contribution in [0.5, 0.6) is 0 Å². The molecule has 0 saturated carbocycles. The molecular formula is C14H21ClN4O. The molecule has 2 heterocycles. The number of likely N-dealkylation sites (tertiary alicyclic amines) is 1. The van der Waals surface area contributed by atoms with Crippen LogP contribution in [0.4, 0.5) is 5.82 Å². The highest BCUT2D eigenvalue weighted by Gasteiger charge is 2.11. The normalized spacial score (nSPS) is 15.3. The molecule has 0 radical (unpaired) electrons. The predicted octanol–water partition coefficient (Wildman–Crippen LogP) is 1.99. The summed E-state index contributed by atoms with van der Waals surface area (Å²) in [6.45, 7) is 4.12. The zero-order chi connectivity index (χ0) is 14.4. The second-order valence-corrected chi connectivity index (χ2v) is 5.37. The van der Waals surface area contributed by atoms with E-state index in [0.717, 1.165) is 13.0 Å². The Morgan fingerprint density at radius 2 is 2.20 bits per heavy atom. The number of anilines is 1. The molecule has 1 amide bonds. The minimum absolute atomic E-state index is 0.122. The van der Waals surface area contributed by atoms with Crippen molar-refractivity contribution < 1.29 is 4.79 Å². The minimum atomic E-state index is -0.122. The van der Waals surface area contributed by atoms with Crippen LogP contribution in [0.3, 0.4) is 0 Å². The third-order valence-corrected chi connectivity index (χ3v) is 3.76. The Labute approximate surface area is 124 Å². The van der Waals surface area contributed by atoms with E-state index >= 15 is 0 Å². The Kier molecular flexibility index (Phi) is 5.61. The monoisotopic (exact) mass is 296 g/mol. The SMILES string of the molecule is CNc1ncc(C(=O)NCCCN2CCCC2)cc1Cl. The fraction of sp³-hybridized carbons (Fsp3) is 0.571. The standard InChI is InChI=1S/C14H21ClN4O/c1-16-13-12(15)9-11(10-18-13)14(20)17-5-4-8-19-6-2-3-7-19/h9-10H,2-8H2,1H3,(H,16,18)(H,17,20). The molecule has 1 aromatic rings. The number of amides is 1. The van der Waals surface area contributed by atoms with Crippen LogP contribution >= 0.6 is 11.6 Å². The van der Waals surface area contributed by atoms with E-state index in [1.165, 1.54) is 32.1 Å². The van der Waals surface area contributed by atoms with E-state index in [1.54, 1.807) is 13.1 Å². The van der Waals surface area contributed by atoms with E-state index in [9.17, 15) is 4.79 Å². The summed E-state index contributed by atoms with van der Waals surface area (Å²) in [6, 6.07) is 1.64. The third kappa shape index (κ3) is 4.08. The molecule has 1 aromatic heterocycles. The number of hydrogen-bond donors (Lipinski definition) is 2. The first-order valence-corrected chi connectivity index (χ1v) is 7.42. The largest absolute Gasteiger partial charge is 0.372 e. The first-order chi connectivity index (χ1) is 9.70. The summed E-state index contributed by atoms with van der Waals surface area (Å²) in [7, 11) is 1.74. The molecule has 0 aromatic carbocycles. The first-order valence-electron chi connectivity index (χ1n) is 7.04. The van der Waals surface area contributed by atoms with Crippen molar-refractivity contribution in [2.24, 2.45) is 0 Å². The van der Waals surface area contributed by atoms with E-state index in [0.29, 0.717) is 22.9 Å². The predicted molar refractivity (Wildman–Crippen MR) is 81.4 cm³/mol. The number of carbonyl (C=O) groups excluding carboxylic acids is 1. The summed E-state index contributed by atoms with van der Waals surface area (Å²) < 4.78 is 0. The maximum atomic E-state index is 11.9. The molecule has 6 heteroatoms. The van der Waals surface area contributed by atoms with Gasteiger partial charge in [0.25, 0.3) is 5.91 Å². The van der Waals surface area contributed by atoms with Gasteiger partial charge in [-0.05, 0) is 45.0 Å². The molecule has 110 valence electrons. The zero-order valence-electron chi connectivity index (χ0n) is 11.8. The zero-order valence-corrected chi connectivity index (χ0v) is 12.5. The van der Waals surface area contributed by atoms with Crippen molar-refractivity contribution in [2.45, 2.75) is 19.3 Å². The molecule has 5 nitrogen and oxygen atoms in total. The Balaban J connectivity index is 1.75. The lowest BCUT2D eigenvalue weighted by Gasteiger charge is -2.14. The van der Waals surface area contributed by atoms with Gasteiger partial charge < -0.3 is 15.5 Å². The fourth-order valence-electron chi connectivity index (χ4n) is 2.36. The van der Waals surface area contributed by atoms with Gasteiger partial charge in [0.15, 0.2) is 0 Å². The van der Waals surface area contributed by atoms with Crippen LogP contribution < -0.4 is 10.6 Å². The number of nitrogens with zero attached hydrogens (tertiary/aromatic N) is 2. The third-order valence-electron chi connectivity index (χ3n) is 3.48. The Hall–Kier alpha value is -1.33. The van der Waals surface area contributed by atoms with E-state index < -0.39 is 0 Å². The molecule has 0 aliphatic carbocycles. The van der Waals surface area contributed by atoms with Gasteiger partial charge in [-0.15, -0.1) is 0 Å². The van der Waals surface area contributed by atoms with Crippen molar-refractivity contribution in [3.8, 4) is 0 Å². The number of pyridine rings is 1. The summed E-state index contributed by atoms with van der Waals surface area (Å²) in [6.07, 6.45) is 5.11. The van der Waals surface area contributed by atoms with Crippen molar-refractivity contribution in [2.75, 3.05) is 38.5 Å². The molecule has 20 heavy (non-hydrogen) atoms. The van der Waals surface area contributed by atoms with Crippen molar-refractivity contribution >= 4 is 23.3 Å². The second-order valence-electron chi connectivity index (χ2n) is 4.96. The van der Waals surface area contributed by atoms with Gasteiger partial charge in [0.05, 0.1) is 10.6 Å². The van der Waals surface area contributed by atoms with E-state index in [1.807, 2.05) is 0 Å². The van der Waals surface area contributed by atoms with Gasteiger partial charge in [-0.25, -0.2) is 4.98 Å². The Bertz CT molecular complexity index is 460. The number of rotatable bonds is 6. The molecule has 1 aliphatic rings. The number of nitrogens with one attached hydrogen (secondary N) is 2. The summed E-state index contributed by atoms with van der Waals surface area (Å²) in [5.74, 6) is 0.459. The summed E-state index contributed by atoms with van der Waals surface area (Å²) in [5.41, 5.74) is 0.496. The number of aromatic nitrogens is 1. The van der Waals surface area contributed by atoms with Gasteiger partial charge in [-0.1, -0.05) is 11.6 Å². The van der Waals surface area contributed by atoms with Gasteiger partial charge in [-0.2, -0.15) is 0 Å². The van der Waals surface area contributed by atoms with Gasteiger partial charge >= 0.3 is 0 Å². The minimum Gasteiger partial charge on any atom is -0.372 e. The maximum Gasteiger partial charge on any atom is 0.252 e. The smallest absolute Gasteiger partial charge is 0.252 e. The van der Waals surface area contributed by atoms with Crippen LogP contribution in [0, 0.1) is 0 Å². The van der Waals surface area contributed by atoms with E-state index in [-0.39, 0.29) is 5.91 Å².